The molecule has 2 nitrogen and oxygen atoms in total. The number of nitrogens with zero attached hydrogens (tertiary/aromatic N) is 1. The summed E-state index contributed by atoms with van der Waals surface area (Å²) in [5.41, 5.74) is 3.67. The lowest BCUT2D eigenvalue weighted by Crippen LogP contribution is -2.01. The molecule has 0 atom stereocenters. The number of benzene rings is 2. The quantitative estimate of drug-likeness (QED) is 0.882. The summed E-state index contributed by atoms with van der Waals surface area (Å²) in [6, 6.07) is 13.1. The second kappa shape index (κ2) is 5.97. The van der Waals surface area contributed by atoms with Crippen LogP contribution in [0.2, 0.25) is 10.0 Å². The molecule has 0 unspecified atom stereocenters. The van der Waals surface area contributed by atoms with Gasteiger partial charge in [0.15, 0.2) is 0 Å². The van der Waals surface area contributed by atoms with Gasteiger partial charge < -0.3 is 5.32 Å². The number of hydrogen-bond donors (Lipinski definition) is 1. The molecule has 0 radical (unpaired) electrons. The summed E-state index contributed by atoms with van der Waals surface area (Å²) in [5.74, 6) is 0. The van der Waals surface area contributed by atoms with Crippen molar-refractivity contribution in [1.82, 2.24) is 0 Å². The Balaban J connectivity index is 2.16. The fraction of sp³-hybridized carbons (Fsp3) is 0.133. The number of anilines is 1. The summed E-state index contributed by atoms with van der Waals surface area (Å²) in [4.78, 5) is 0. The SMILES string of the molecule is Cc1ccc(C#N)cc1NCc1cc(Cl)cc(Cl)c1. The molecule has 0 fully saturated rings. The van der Waals surface area contributed by atoms with Crippen LogP contribution in [-0.4, -0.2) is 0 Å². The summed E-state index contributed by atoms with van der Waals surface area (Å²) in [6.07, 6.45) is 0. The zero-order valence-electron chi connectivity index (χ0n) is 10.4. The monoisotopic (exact) mass is 290 g/mol. The van der Waals surface area contributed by atoms with Gasteiger partial charge in [0.2, 0.25) is 0 Å². The van der Waals surface area contributed by atoms with Crippen molar-refractivity contribution in [2.45, 2.75) is 13.5 Å². The lowest BCUT2D eigenvalue weighted by molar-refractivity contribution is 1.14. The number of aryl methyl sites for hydroxylation is 1. The maximum Gasteiger partial charge on any atom is 0.0992 e. The van der Waals surface area contributed by atoms with Crippen LogP contribution in [0.5, 0.6) is 0 Å². The molecule has 0 aliphatic rings. The van der Waals surface area contributed by atoms with Crippen molar-refractivity contribution in [3.63, 3.8) is 0 Å². The summed E-state index contributed by atoms with van der Waals surface area (Å²) in [6.45, 7) is 2.60. The largest absolute Gasteiger partial charge is 0.381 e. The molecule has 2 aromatic carbocycles. The fourth-order valence-electron chi connectivity index (χ4n) is 1.79. The Kier molecular flexibility index (Phi) is 4.31. The zero-order chi connectivity index (χ0) is 13.8. The molecule has 0 saturated heterocycles. The van der Waals surface area contributed by atoms with Gasteiger partial charge in [-0.3, -0.25) is 0 Å². The van der Waals surface area contributed by atoms with E-state index in [9.17, 15) is 0 Å². The first-order chi connectivity index (χ1) is 9.08. The molecule has 2 rings (SSSR count). The van der Waals surface area contributed by atoms with Gasteiger partial charge in [0, 0.05) is 22.3 Å². The average Bonchev–Trinajstić information content (AvgIpc) is 2.37. The first-order valence-corrected chi connectivity index (χ1v) is 6.53. The highest BCUT2D eigenvalue weighted by atomic mass is 35.5. The van der Waals surface area contributed by atoms with Gasteiger partial charge in [-0.05, 0) is 48.4 Å². The number of nitrogens with one attached hydrogen (secondary N) is 1. The first-order valence-electron chi connectivity index (χ1n) is 5.78. The number of hydrogen-bond acceptors (Lipinski definition) is 2. The molecular weight excluding hydrogens is 279 g/mol. The van der Waals surface area contributed by atoms with Gasteiger partial charge in [-0.15, -0.1) is 0 Å². The molecule has 0 saturated carbocycles. The van der Waals surface area contributed by atoms with Gasteiger partial charge in [-0.1, -0.05) is 29.3 Å². The van der Waals surface area contributed by atoms with Crippen LogP contribution < -0.4 is 5.32 Å². The Bertz CT molecular complexity index is 625. The van der Waals surface area contributed by atoms with E-state index in [1.165, 1.54) is 0 Å². The Morgan fingerprint density at radius 3 is 2.42 bits per heavy atom. The Morgan fingerprint density at radius 2 is 1.79 bits per heavy atom. The van der Waals surface area contributed by atoms with E-state index in [4.69, 9.17) is 28.5 Å². The molecule has 0 aromatic heterocycles. The van der Waals surface area contributed by atoms with Crippen LogP contribution in [0.1, 0.15) is 16.7 Å². The van der Waals surface area contributed by atoms with Crippen molar-refractivity contribution in [2.24, 2.45) is 0 Å². The third kappa shape index (κ3) is 3.64. The molecule has 0 bridgehead atoms. The van der Waals surface area contributed by atoms with Crippen molar-refractivity contribution in [1.29, 1.82) is 5.26 Å². The highest BCUT2D eigenvalue weighted by molar-refractivity contribution is 6.34. The van der Waals surface area contributed by atoms with E-state index in [0.29, 0.717) is 22.2 Å². The molecule has 2 aromatic rings. The molecular formula is C15H12Cl2N2. The van der Waals surface area contributed by atoms with Crippen LogP contribution in [0.15, 0.2) is 36.4 Å². The molecule has 1 N–H and O–H groups in total. The highest BCUT2D eigenvalue weighted by Gasteiger charge is 2.02. The summed E-state index contributed by atoms with van der Waals surface area (Å²) < 4.78 is 0. The highest BCUT2D eigenvalue weighted by Crippen LogP contribution is 2.21. The molecule has 19 heavy (non-hydrogen) atoms. The number of halogens is 2. The molecule has 0 heterocycles. The van der Waals surface area contributed by atoms with Gasteiger partial charge in [-0.2, -0.15) is 5.26 Å². The van der Waals surface area contributed by atoms with Crippen LogP contribution in [0.25, 0.3) is 0 Å². The Morgan fingerprint density at radius 1 is 1.11 bits per heavy atom. The Labute approximate surface area is 122 Å². The van der Waals surface area contributed by atoms with Gasteiger partial charge in [0.25, 0.3) is 0 Å². The molecule has 4 heteroatoms. The second-order valence-corrected chi connectivity index (χ2v) is 5.15. The summed E-state index contributed by atoms with van der Waals surface area (Å²) in [7, 11) is 0. The lowest BCUT2D eigenvalue weighted by Gasteiger charge is -2.10. The molecule has 0 aliphatic heterocycles. The minimum atomic E-state index is 0.607. The van der Waals surface area contributed by atoms with Crippen molar-refractivity contribution >= 4 is 28.9 Å². The van der Waals surface area contributed by atoms with Crippen molar-refractivity contribution in [3.05, 3.63) is 63.1 Å². The van der Waals surface area contributed by atoms with Crippen LogP contribution in [0.4, 0.5) is 5.69 Å². The third-order valence-electron chi connectivity index (χ3n) is 2.77. The van der Waals surface area contributed by atoms with Crippen LogP contribution >= 0.6 is 23.2 Å². The number of rotatable bonds is 3. The average molecular weight is 291 g/mol. The zero-order valence-corrected chi connectivity index (χ0v) is 11.9. The standard InChI is InChI=1S/C15H12Cl2N2/c1-10-2-3-11(8-18)6-15(10)19-9-12-4-13(16)7-14(17)5-12/h2-7,19H,9H2,1H3. The van der Waals surface area contributed by atoms with Gasteiger partial charge in [0.1, 0.15) is 0 Å². The first kappa shape index (κ1) is 13.7. The predicted molar refractivity (Wildman–Crippen MR) is 79.7 cm³/mol. The molecule has 0 spiro atoms. The maximum absolute atomic E-state index is 8.90. The summed E-state index contributed by atoms with van der Waals surface area (Å²) >= 11 is 11.9. The van der Waals surface area contributed by atoms with Crippen LogP contribution in [0.3, 0.4) is 0 Å². The van der Waals surface area contributed by atoms with Gasteiger partial charge in [0.05, 0.1) is 11.6 Å². The molecule has 96 valence electrons. The van der Waals surface area contributed by atoms with E-state index in [1.54, 1.807) is 12.1 Å². The molecule has 0 amide bonds. The summed E-state index contributed by atoms with van der Waals surface area (Å²) in [5, 5.41) is 13.4. The van der Waals surface area contributed by atoms with Crippen molar-refractivity contribution in [3.8, 4) is 6.07 Å². The van der Waals surface area contributed by atoms with E-state index < -0.39 is 0 Å². The predicted octanol–water partition coefficient (Wildman–Crippen LogP) is 4.79. The third-order valence-corrected chi connectivity index (χ3v) is 3.21. The van der Waals surface area contributed by atoms with E-state index in [2.05, 4.69) is 11.4 Å². The Hall–Kier alpha value is -1.69. The van der Waals surface area contributed by atoms with E-state index in [0.717, 1.165) is 16.8 Å². The normalized spacial score (nSPS) is 10.0. The number of nitriles is 1. The smallest absolute Gasteiger partial charge is 0.0992 e. The molecule has 0 aliphatic carbocycles. The van der Waals surface area contributed by atoms with Crippen molar-refractivity contribution < 1.29 is 0 Å². The van der Waals surface area contributed by atoms with E-state index in [1.807, 2.05) is 31.2 Å². The van der Waals surface area contributed by atoms with Crippen molar-refractivity contribution in [2.75, 3.05) is 5.32 Å². The minimum absolute atomic E-state index is 0.607. The maximum atomic E-state index is 8.90. The van der Waals surface area contributed by atoms with Crippen LogP contribution in [-0.2, 0) is 6.54 Å². The van der Waals surface area contributed by atoms with Crippen LogP contribution in [0, 0.1) is 18.3 Å². The van der Waals surface area contributed by atoms with E-state index in [-0.39, 0.29) is 0 Å². The van der Waals surface area contributed by atoms with E-state index >= 15 is 0 Å². The van der Waals surface area contributed by atoms with Gasteiger partial charge in [-0.25, -0.2) is 0 Å². The van der Waals surface area contributed by atoms with Gasteiger partial charge >= 0.3 is 0 Å². The minimum Gasteiger partial charge on any atom is -0.381 e. The topological polar surface area (TPSA) is 35.8 Å². The second-order valence-electron chi connectivity index (χ2n) is 4.27. The lowest BCUT2D eigenvalue weighted by atomic mass is 10.1. The fourth-order valence-corrected chi connectivity index (χ4v) is 2.36.